The molecule has 0 aromatic carbocycles. The van der Waals surface area contributed by atoms with Gasteiger partial charge in [0.2, 0.25) is 0 Å². The number of aromatic nitrogens is 1. The predicted octanol–water partition coefficient (Wildman–Crippen LogP) is 0.0302. The largest absolute Gasteiger partial charge is 0.481 e. The Morgan fingerprint density at radius 2 is 2.33 bits per heavy atom. The molecule has 0 bridgehead atoms. The van der Waals surface area contributed by atoms with Gasteiger partial charge in [0.05, 0.1) is 5.75 Å². The molecule has 1 aromatic rings. The second-order valence-corrected chi connectivity index (χ2v) is 4.49. The van der Waals surface area contributed by atoms with Gasteiger partial charge in [0.15, 0.2) is 5.76 Å². The number of aliphatic carboxylic acids is 1. The number of carbonyl (C=O) groups is 1. The smallest absolute Gasteiger partial charge is 0.311 e. The SMILES string of the molecule is CCS(=O)(=O)Oc1cc(CC(=O)O)on1. The first-order valence-electron chi connectivity index (χ1n) is 4.02. The minimum atomic E-state index is -3.66. The maximum Gasteiger partial charge on any atom is 0.311 e. The summed E-state index contributed by atoms with van der Waals surface area (Å²) in [5.74, 6) is -1.53. The van der Waals surface area contributed by atoms with Crippen LogP contribution in [0.2, 0.25) is 0 Å². The summed E-state index contributed by atoms with van der Waals surface area (Å²) in [6.45, 7) is 1.41. The first-order chi connectivity index (χ1) is 6.93. The zero-order valence-electron chi connectivity index (χ0n) is 7.84. The Bertz CT molecular complexity index is 448. The van der Waals surface area contributed by atoms with Crippen LogP contribution in [-0.4, -0.2) is 30.4 Å². The van der Waals surface area contributed by atoms with E-state index in [1.807, 2.05) is 0 Å². The van der Waals surface area contributed by atoms with Gasteiger partial charge in [-0.1, -0.05) is 0 Å². The highest BCUT2D eigenvalue weighted by molar-refractivity contribution is 7.87. The van der Waals surface area contributed by atoms with E-state index in [1.54, 1.807) is 0 Å². The van der Waals surface area contributed by atoms with Gasteiger partial charge in [0.25, 0.3) is 5.88 Å². The average molecular weight is 235 g/mol. The lowest BCUT2D eigenvalue weighted by atomic mass is 10.3. The molecule has 0 saturated heterocycles. The first-order valence-corrected chi connectivity index (χ1v) is 5.60. The Labute approximate surface area is 85.8 Å². The molecule has 7 nitrogen and oxygen atoms in total. The highest BCUT2D eigenvalue weighted by Gasteiger charge is 2.14. The first kappa shape index (κ1) is 11.5. The van der Waals surface area contributed by atoms with E-state index in [9.17, 15) is 13.2 Å². The van der Waals surface area contributed by atoms with Crippen LogP contribution in [0.5, 0.6) is 5.88 Å². The Kier molecular flexibility index (Phi) is 3.30. The third-order valence-corrected chi connectivity index (χ3v) is 2.56. The molecule has 0 aliphatic carbocycles. The van der Waals surface area contributed by atoms with E-state index in [0.717, 1.165) is 6.07 Å². The van der Waals surface area contributed by atoms with Crippen molar-refractivity contribution in [3.05, 3.63) is 11.8 Å². The normalized spacial score (nSPS) is 11.3. The van der Waals surface area contributed by atoms with E-state index in [0.29, 0.717) is 0 Å². The van der Waals surface area contributed by atoms with E-state index in [2.05, 4.69) is 13.9 Å². The quantitative estimate of drug-likeness (QED) is 0.717. The van der Waals surface area contributed by atoms with Crippen LogP contribution in [0.3, 0.4) is 0 Å². The van der Waals surface area contributed by atoms with Crippen LogP contribution >= 0.6 is 0 Å². The van der Waals surface area contributed by atoms with Gasteiger partial charge < -0.3 is 13.8 Å². The fraction of sp³-hybridized carbons (Fsp3) is 0.429. The Balaban J connectivity index is 2.73. The number of carboxylic acids is 1. The second kappa shape index (κ2) is 4.30. The fourth-order valence-corrected chi connectivity index (χ4v) is 1.21. The Hall–Kier alpha value is -1.57. The molecular formula is C7H9NO6S. The van der Waals surface area contributed by atoms with Gasteiger partial charge >= 0.3 is 16.1 Å². The van der Waals surface area contributed by atoms with E-state index in [4.69, 9.17) is 5.11 Å². The molecule has 0 aliphatic heterocycles. The van der Waals surface area contributed by atoms with Crippen LogP contribution in [0, 0.1) is 0 Å². The van der Waals surface area contributed by atoms with Gasteiger partial charge in [-0.05, 0) is 12.1 Å². The zero-order chi connectivity index (χ0) is 11.5. The number of hydrogen-bond donors (Lipinski definition) is 1. The van der Waals surface area contributed by atoms with Gasteiger partial charge in [-0.25, -0.2) is 0 Å². The summed E-state index contributed by atoms with van der Waals surface area (Å²) in [5, 5.41) is 11.7. The highest BCUT2D eigenvalue weighted by Crippen LogP contribution is 2.14. The molecule has 1 rings (SSSR count). The predicted molar refractivity (Wildman–Crippen MR) is 47.9 cm³/mol. The molecule has 0 aliphatic rings. The lowest BCUT2D eigenvalue weighted by Crippen LogP contribution is -2.11. The summed E-state index contributed by atoms with van der Waals surface area (Å²) >= 11 is 0. The van der Waals surface area contributed by atoms with Crippen LogP contribution in [-0.2, 0) is 21.3 Å². The maximum absolute atomic E-state index is 11.0. The standard InChI is InChI=1S/C7H9NO6S/c1-2-15(11,12)14-6-3-5(13-8-6)4-7(9)10/h3H,2,4H2,1H3,(H,9,10). The van der Waals surface area contributed by atoms with Crippen molar-refractivity contribution in [1.82, 2.24) is 5.16 Å². The van der Waals surface area contributed by atoms with Crippen molar-refractivity contribution in [2.45, 2.75) is 13.3 Å². The zero-order valence-corrected chi connectivity index (χ0v) is 8.65. The molecule has 0 unspecified atom stereocenters. The molecule has 8 heteroatoms. The van der Waals surface area contributed by atoms with Crippen molar-refractivity contribution >= 4 is 16.1 Å². The molecule has 15 heavy (non-hydrogen) atoms. The van der Waals surface area contributed by atoms with Crippen molar-refractivity contribution in [3.8, 4) is 5.88 Å². The summed E-state index contributed by atoms with van der Waals surface area (Å²) in [5.41, 5.74) is 0. The molecule has 0 amide bonds. The van der Waals surface area contributed by atoms with Crippen molar-refractivity contribution in [2.24, 2.45) is 0 Å². The van der Waals surface area contributed by atoms with E-state index in [1.165, 1.54) is 6.92 Å². The topological polar surface area (TPSA) is 107 Å². The van der Waals surface area contributed by atoms with Crippen LogP contribution in [0.1, 0.15) is 12.7 Å². The fourth-order valence-electron chi connectivity index (χ4n) is 0.755. The molecule has 1 heterocycles. The molecule has 0 spiro atoms. The summed E-state index contributed by atoms with van der Waals surface area (Å²) in [6.07, 6.45) is -0.372. The molecular weight excluding hydrogens is 226 g/mol. The van der Waals surface area contributed by atoms with Gasteiger partial charge in [0.1, 0.15) is 6.42 Å². The van der Waals surface area contributed by atoms with E-state index >= 15 is 0 Å². The number of carboxylic acid groups (broad SMARTS) is 1. The van der Waals surface area contributed by atoms with Crippen LogP contribution in [0.25, 0.3) is 0 Å². The molecule has 84 valence electrons. The maximum atomic E-state index is 11.0. The molecule has 1 aromatic heterocycles. The van der Waals surface area contributed by atoms with Gasteiger partial charge in [-0.15, -0.1) is 0 Å². The lowest BCUT2D eigenvalue weighted by molar-refractivity contribution is -0.136. The number of hydrogen-bond acceptors (Lipinski definition) is 6. The summed E-state index contributed by atoms with van der Waals surface area (Å²) in [7, 11) is -3.66. The molecule has 0 atom stereocenters. The highest BCUT2D eigenvalue weighted by atomic mass is 32.2. The Morgan fingerprint density at radius 1 is 1.67 bits per heavy atom. The number of nitrogens with zero attached hydrogens (tertiary/aromatic N) is 1. The van der Waals surface area contributed by atoms with Crippen molar-refractivity contribution < 1.29 is 27.0 Å². The average Bonchev–Trinajstić information content (AvgIpc) is 2.50. The lowest BCUT2D eigenvalue weighted by Gasteiger charge is -1.97. The third-order valence-electron chi connectivity index (χ3n) is 1.43. The Morgan fingerprint density at radius 3 is 2.87 bits per heavy atom. The molecule has 0 radical (unpaired) electrons. The molecule has 0 fully saturated rings. The molecule has 1 N–H and O–H groups in total. The number of rotatable bonds is 5. The van der Waals surface area contributed by atoms with Crippen LogP contribution in [0.15, 0.2) is 10.6 Å². The monoisotopic (exact) mass is 235 g/mol. The van der Waals surface area contributed by atoms with Gasteiger partial charge in [-0.2, -0.15) is 8.42 Å². The van der Waals surface area contributed by atoms with Crippen LogP contribution < -0.4 is 4.18 Å². The minimum Gasteiger partial charge on any atom is -0.481 e. The van der Waals surface area contributed by atoms with Crippen LogP contribution in [0.4, 0.5) is 0 Å². The van der Waals surface area contributed by atoms with Crippen molar-refractivity contribution in [3.63, 3.8) is 0 Å². The van der Waals surface area contributed by atoms with Crippen molar-refractivity contribution in [1.29, 1.82) is 0 Å². The summed E-state index contributed by atoms with van der Waals surface area (Å²) in [6, 6.07) is 1.13. The third kappa shape index (κ3) is 3.58. The van der Waals surface area contributed by atoms with E-state index < -0.39 is 16.1 Å². The van der Waals surface area contributed by atoms with Gasteiger partial charge in [-0.3, -0.25) is 4.79 Å². The second-order valence-electron chi connectivity index (χ2n) is 2.63. The van der Waals surface area contributed by atoms with E-state index in [-0.39, 0.29) is 23.8 Å². The summed E-state index contributed by atoms with van der Waals surface area (Å²) < 4.78 is 31.0. The minimum absolute atomic E-state index is 0.0313. The van der Waals surface area contributed by atoms with Gasteiger partial charge in [0, 0.05) is 6.07 Å². The summed E-state index contributed by atoms with van der Waals surface area (Å²) in [4.78, 5) is 10.3. The van der Waals surface area contributed by atoms with Crippen molar-refractivity contribution in [2.75, 3.05) is 5.75 Å². The molecule has 0 saturated carbocycles.